The maximum Gasteiger partial charge on any atom is 0.0547 e. The van der Waals surface area contributed by atoms with Gasteiger partial charge >= 0.3 is 0 Å². The number of nitrogens with one attached hydrogen (secondary N) is 1. The molecule has 2 nitrogen and oxygen atoms in total. The van der Waals surface area contributed by atoms with Crippen molar-refractivity contribution in [3.63, 3.8) is 0 Å². The average molecular weight is 464 g/mol. The van der Waals surface area contributed by atoms with Gasteiger partial charge in [-0.1, -0.05) is 71.9 Å². The molecule has 1 saturated carbocycles. The Balaban J connectivity index is 2.00. The molecular weight excluding hydrogens is 435 g/mol. The number of fused-ring (bicyclic) bond motifs is 1. The van der Waals surface area contributed by atoms with Gasteiger partial charge in [0.15, 0.2) is 0 Å². The van der Waals surface area contributed by atoms with Gasteiger partial charge < -0.3 is 11.1 Å². The molecule has 3 rings (SSSR count). The molecule has 0 aliphatic heterocycles. The van der Waals surface area contributed by atoms with Gasteiger partial charge in [-0.2, -0.15) is 0 Å². The third-order valence-corrected chi connectivity index (χ3v) is 6.44. The maximum absolute atomic E-state index is 6.43. The van der Waals surface area contributed by atoms with E-state index in [1.165, 1.54) is 16.8 Å². The summed E-state index contributed by atoms with van der Waals surface area (Å²) in [5, 5.41) is 7.86. The molecule has 2 aromatic rings. The fraction of sp³-hybridized carbons (Fsp3) is 0.360. The fourth-order valence-corrected chi connectivity index (χ4v) is 4.23. The normalized spacial score (nSPS) is 15.8. The van der Waals surface area contributed by atoms with Crippen LogP contribution in [0.2, 0.25) is 5.02 Å². The number of hydrogen-bond acceptors (Lipinski definition) is 2. The van der Waals surface area contributed by atoms with E-state index in [0.29, 0.717) is 16.6 Å². The van der Waals surface area contributed by atoms with Gasteiger partial charge in [0.05, 0.1) is 5.03 Å². The first-order valence-corrected chi connectivity index (χ1v) is 11.7. The van der Waals surface area contributed by atoms with Crippen molar-refractivity contribution in [3.8, 4) is 0 Å². The summed E-state index contributed by atoms with van der Waals surface area (Å²) in [6.45, 7) is 4.61. The van der Waals surface area contributed by atoms with Crippen molar-refractivity contribution in [1.82, 2.24) is 0 Å². The minimum atomic E-state index is 0.194. The second-order valence-corrected chi connectivity index (χ2v) is 9.18. The van der Waals surface area contributed by atoms with Crippen LogP contribution < -0.4 is 11.1 Å². The number of halogens is 3. The molecule has 1 fully saturated rings. The molecule has 0 saturated heterocycles. The first kappa shape index (κ1) is 23.2. The fourth-order valence-electron chi connectivity index (χ4n) is 3.80. The van der Waals surface area contributed by atoms with Gasteiger partial charge in [0.2, 0.25) is 0 Å². The lowest BCUT2D eigenvalue weighted by atomic mass is 9.87. The van der Waals surface area contributed by atoms with Crippen LogP contribution in [-0.2, 0) is 0 Å². The number of benzene rings is 2. The van der Waals surface area contributed by atoms with Crippen LogP contribution in [0.1, 0.15) is 46.0 Å². The molecule has 0 amide bonds. The Morgan fingerprint density at radius 3 is 2.60 bits per heavy atom. The number of nitrogens with two attached hydrogens (primary N) is 1. The summed E-state index contributed by atoms with van der Waals surface area (Å²) in [7, 11) is 0. The van der Waals surface area contributed by atoms with Gasteiger partial charge in [-0.15, -0.1) is 0 Å². The quantitative estimate of drug-likeness (QED) is 0.367. The van der Waals surface area contributed by atoms with Crippen LogP contribution in [0, 0.1) is 5.92 Å². The van der Waals surface area contributed by atoms with Crippen molar-refractivity contribution in [3.05, 3.63) is 74.4 Å². The van der Waals surface area contributed by atoms with E-state index in [1.807, 2.05) is 25.1 Å². The Morgan fingerprint density at radius 2 is 1.97 bits per heavy atom. The highest BCUT2D eigenvalue weighted by atomic mass is 35.5. The standard InChI is InChI=1S/C25H29Cl3N2/c1-3-5-19(14-24(28)16(2)26)21(12-13-29)25(18-8-9-18)30-20-11-10-17-6-4-7-23(27)22(17)15-20/h4,6-7,10-11,14-15,21,30H,3,5,8-9,12-13,29H2,1-2H3/b19-14+,24-16-. The van der Waals surface area contributed by atoms with Gasteiger partial charge in [0, 0.05) is 32.7 Å². The molecule has 0 heterocycles. The van der Waals surface area contributed by atoms with Gasteiger partial charge in [0.25, 0.3) is 0 Å². The van der Waals surface area contributed by atoms with E-state index in [0.717, 1.165) is 53.6 Å². The molecule has 2 aromatic carbocycles. The monoisotopic (exact) mass is 462 g/mol. The minimum Gasteiger partial charge on any atom is -0.358 e. The zero-order valence-corrected chi connectivity index (χ0v) is 19.8. The summed E-state index contributed by atoms with van der Waals surface area (Å²) in [6, 6.07) is 12.3. The van der Waals surface area contributed by atoms with Crippen molar-refractivity contribution in [1.29, 1.82) is 0 Å². The Morgan fingerprint density at radius 1 is 1.20 bits per heavy atom. The molecule has 5 heteroatoms. The third kappa shape index (κ3) is 5.82. The van der Waals surface area contributed by atoms with Gasteiger partial charge in [0.1, 0.15) is 0 Å². The van der Waals surface area contributed by atoms with Crippen LogP contribution in [0.3, 0.4) is 0 Å². The third-order valence-electron chi connectivity index (χ3n) is 5.42. The molecular formula is C25H29Cl3N2. The lowest BCUT2D eigenvalue weighted by molar-refractivity contribution is 0.617. The van der Waals surface area contributed by atoms with E-state index in [4.69, 9.17) is 40.5 Å². The summed E-state index contributed by atoms with van der Waals surface area (Å²) < 4.78 is 0. The van der Waals surface area contributed by atoms with Crippen LogP contribution in [0.15, 0.2) is 69.4 Å². The zero-order chi connectivity index (χ0) is 21.7. The predicted octanol–water partition coefficient (Wildman–Crippen LogP) is 8.35. The maximum atomic E-state index is 6.43. The van der Waals surface area contributed by atoms with Crippen molar-refractivity contribution in [2.24, 2.45) is 11.7 Å². The van der Waals surface area contributed by atoms with Crippen molar-refractivity contribution < 1.29 is 0 Å². The van der Waals surface area contributed by atoms with Crippen LogP contribution >= 0.6 is 34.8 Å². The molecule has 160 valence electrons. The second-order valence-electron chi connectivity index (χ2n) is 7.80. The summed E-state index contributed by atoms with van der Waals surface area (Å²) in [5.74, 6) is 0.194. The zero-order valence-electron chi connectivity index (χ0n) is 17.6. The van der Waals surface area contributed by atoms with Crippen molar-refractivity contribution in [2.45, 2.75) is 46.0 Å². The topological polar surface area (TPSA) is 38.0 Å². The molecule has 0 aromatic heterocycles. The predicted molar refractivity (Wildman–Crippen MR) is 133 cm³/mol. The van der Waals surface area contributed by atoms with Crippen molar-refractivity contribution in [2.75, 3.05) is 11.9 Å². The number of hydrogen-bond donors (Lipinski definition) is 2. The van der Waals surface area contributed by atoms with E-state index in [2.05, 4.69) is 36.5 Å². The van der Waals surface area contributed by atoms with Gasteiger partial charge in [-0.3, -0.25) is 0 Å². The Labute approximate surface area is 194 Å². The first-order valence-electron chi connectivity index (χ1n) is 10.5. The molecule has 1 aliphatic carbocycles. The Hall–Kier alpha value is -1.45. The number of allylic oxidation sites excluding steroid dienone is 5. The molecule has 1 atom stereocenters. The second kappa shape index (κ2) is 10.7. The van der Waals surface area contributed by atoms with E-state index in [-0.39, 0.29) is 5.92 Å². The van der Waals surface area contributed by atoms with E-state index >= 15 is 0 Å². The van der Waals surface area contributed by atoms with E-state index in [9.17, 15) is 0 Å². The molecule has 0 radical (unpaired) electrons. The molecule has 1 aliphatic rings. The van der Waals surface area contributed by atoms with E-state index in [1.54, 1.807) is 0 Å². The lowest BCUT2D eigenvalue weighted by Gasteiger charge is -2.25. The highest BCUT2D eigenvalue weighted by Gasteiger charge is 2.27. The lowest BCUT2D eigenvalue weighted by Crippen LogP contribution is -2.19. The Kier molecular flexibility index (Phi) is 8.30. The van der Waals surface area contributed by atoms with Crippen LogP contribution in [0.25, 0.3) is 10.8 Å². The Bertz CT molecular complexity index is 995. The summed E-state index contributed by atoms with van der Waals surface area (Å²) in [4.78, 5) is 0. The molecule has 0 spiro atoms. The van der Waals surface area contributed by atoms with Crippen LogP contribution in [0.4, 0.5) is 5.69 Å². The van der Waals surface area contributed by atoms with Gasteiger partial charge in [-0.05, 0) is 74.4 Å². The smallest absolute Gasteiger partial charge is 0.0547 e. The van der Waals surface area contributed by atoms with Crippen molar-refractivity contribution >= 4 is 51.3 Å². The first-order chi connectivity index (χ1) is 14.4. The minimum absolute atomic E-state index is 0.194. The van der Waals surface area contributed by atoms with Crippen LogP contribution in [0.5, 0.6) is 0 Å². The SMILES string of the molecule is CCC/C(=C\C(Cl)=C(/C)Cl)C(CCN)C(Nc1ccc2cccc(Cl)c2c1)=C1CC1. The number of rotatable bonds is 9. The summed E-state index contributed by atoms with van der Waals surface area (Å²) in [6.07, 6.45) is 7.12. The summed E-state index contributed by atoms with van der Waals surface area (Å²) in [5.41, 5.74) is 11.1. The number of anilines is 1. The molecule has 1 unspecified atom stereocenters. The van der Waals surface area contributed by atoms with Gasteiger partial charge in [-0.25, -0.2) is 0 Å². The highest BCUT2D eigenvalue weighted by molar-refractivity contribution is 6.40. The largest absolute Gasteiger partial charge is 0.358 e. The van der Waals surface area contributed by atoms with E-state index < -0.39 is 0 Å². The molecule has 30 heavy (non-hydrogen) atoms. The molecule has 3 N–H and O–H groups in total. The van der Waals surface area contributed by atoms with Crippen LogP contribution in [-0.4, -0.2) is 6.54 Å². The molecule has 0 bridgehead atoms. The highest BCUT2D eigenvalue weighted by Crippen LogP contribution is 2.41. The summed E-state index contributed by atoms with van der Waals surface area (Å²) >= 11 is 19.0. The average Bonchev–Trinajstić information content (AvgIpc) is 3.56.